The number of nitrogens with one attached hydrogen (secondary N) is 2. The third-order valence-corrected chi connectivity index (χ3v) is 3.64. The van der Waals surface area contributed by atoms with E-state index in [2.05, 4.69) is 10.6 Å². The topological polar surface area (TPSA) is 41.1 Å². The number of anilines is 1. The molecule has 0 unspecified atom stereocenters. The highest BCUT2D eigenvalue weighted by atomic mass is 32.2. The van der Waals surface area contributed by atoms with Crippen molar-refractivity contribution in [2.45, 2.75) is 11.4 Å². The van der Waals surface area contributed by atoms with E-state index in [1.54, 1.807) is 11.8 Å². The van der Waals surface area contributed by atoms with Crippen LogP contribution in [0.25, 0.3) is 0 Å². The molecule has 0 bridgehead atoms. The molecule has 0 aliphatic heterocycles. The van der Waals surface area contributed by atoms with Crippen LogP contribution in [0.3, 0.4) is 0 Å². The van der Waals surface area contributed by atoms with Crippen LogP contribution >= 0.6 is 11.8 Å². The van der Waals surface area contributed by atoms with Crippen molar-refractivity contribution in [3.05, 3.63) is 59.4 Å². The molecule has 7 heteroatoms. The molecule has 116 valence electrons. The normalized spacial score (nSPS) is 10.4. The molecule has 0 radical (unpaired) electrons. The van der Waals surface area contributed by atoms with E-state index < -0.39 is 29.2 Å². The Kier molecular flexibility index (Phi) is 5.32. The van der Waals surface area contributed by atoms with E-state index in [0.29, 0.717) is 0 Å². The smallest absolute Gasteiger partial charge is 0.319 e. The number of carbonyl (C=O) groups excluding carboxylic acids is 1. The van der Waals surface area contributed by atoms with Crippen LogP contribution < -0.4 is 10.6 Å². The zero-order valence-electron chi connectivity index (χ0n) is 11.6. The Labute approximate surface area is 129 Å². The molecule has 0 saturated carbocycles. The third-order valence-electron chi connectivity index (χ3n) is 2.90. The summed E-state index contributed by atoms with van der Waals surface area (Å²) in [4.78, 5) is 12.7. The molecule has 0 heterocycles. The average molecular weight is 326 g/mol. The number of amides is 2. The molecule has 2 N–H and O–H groups in total. The lowest BCUT2D eigenvalue weighted by Gasteiger charge is -2.09. The quantitative estimate of drug-likeness (QED) is 0.655. The Morgan fingerprint density at radius 2 is 1.73 bits per heavy atom. The number of urea groups is 1. The van der Waals surface area contributed by atoms with Crippen molar-refractivity contribution in [2.75, 3.05) is 11.6 Å². The number of thioether (sulfide) groups is 1. The van der Waals surface area contributed by atoms with Gasteiger partial charge < -0.3 is 10.6 Å². The number of benzene rings is 2. The molecular weight excluding hydrogens is 313 g/mol. The van der Waals surface area contributed by atoms with Crippen molar-refractivity contribution in [3.8, 4) is 0 Å². The highest BCUT2D eigenvalue weighted by Crippen LogP contribution is 2.19. The standard InChI is InChI=1S/C15H13F3N2OS/c1-22-10-4-2-9(3-5-10)8-19-15(21)20-12-7-6-11(16)13(17)14(12)18/h2-7H,8H2,1H3,(H2,19,20,21). The van der Waals surface area contributed by atoms with Gasteiger partial charge in [0.1, 0.15) is 0 Å². The fourth-order valence-electron chi connectivity index (χ4n) is 1.71. The van der Waals surface area contributed by atoms with E-state index in [4.69, 9.17) is 0 Å². The van der Waals surface area contributed by atoms with Crippen LogP contribution in [-0.2, 0) is 6.54 Å². The number of halogens is 3. The minimum atomic E-state index is -1.62. The van der Waals surface area contributed by atoms with Crippen LogP contribution in [0.2, 0.25) is 0 Å². The molecule has 22 heavy (non-hydrogen) atoms. The molecule has 0 atom stereocenters. The summed E-state index contributed by atoms with van der Waals surface area (Å²) in [6.45, 7) is 0.228. The van der Waals surface area contributed by atoms with Gasteiger partial charge in [0, 0.05) is 11.4 Å². The largest absolute Gasteiger partial charge is 0.334 e. The second-order valence-electron chi connectivity index (χ2n) is 4.38. The number of hydrogen-bond donors (Lipinski definition) is 2. The SMILES string of the molecule is CSc1ccc(CNC(=O)Nc2ccc(F)c(F)c2F)cc1. The average Bonchev–Trinajstić information content (AvgIpc) is 2.54. The molecule has 2 aromatic carbocycles. The van der Waals surface area contributed by atoms with Gasteiger partial charge in [-0.1, -0.05) is 12.1 Å². The number of rotatable bonds is 4. The first-order chi connectivity index (χ1) is 10.5. The van der Waals surface area contributed by atoms with Gasteiger partial charge in [0.15, 0.2) is 17.5 Å². The maximum atomic E-state index is 13.4. The van der Waals surface area contributed by atoms with E-state index in [1.807, 2.05) is 30.5 Å². The predicted octanol–water partition coefficient (Wildman–Crippen LogP) is 4.15. The van der Waals surface area contributed by atoms with E-state index in [0.717, 1.165) is 22.6 Å². The lowest BCUT2D eigenvalue weighted by Crippen LogP contribution is -2.28. The lowest BCUT2D eigenvalue weighted by molar-refractivity contribution is 0.251. The molecule has 0 saturated heterocycles. The van der Waals surface area contributed by atoms with Crippen LogP contribution in [0.1, 0.15) is 5.56 Å². The van der Waals surface area contributed by atoms with Gasteiger partial charge in [0.05, 0.1) is 5.69 Å². The molecule has 0 fully saturated rings. The van der Waals surface area contributed by atoms with Crippen molar-refractivity contribution in [1.29, 1.82) is 0 Å². The second kappa shape index (κ2) is 7.22. The van der Waals surface area contributed by atoms with Crippen LogP contribution in [-0.4, -0.2) is 12.3 Å². The summed E-state index contributed by atoms with van der Waals surface area (Å²) in [5.41, 5.74) is 0.438. The van der Waals surface area contributed by atoms with Crippen LogP contribution in [0.4, 0.5) is 23.7 Å². The predicted molar refractivity (Wildman–Crippen MR) is 80.4 cm³/mol. The highest BCUT2D eigenvalue weighted by molar-refractivity contribution is 7.98. The first kappa shape index (κ1) is 16.2. The third kappa shape index (κ3) is 3.94. The highest BCUT2D eigenvalue weighted by Gasteiger charge is 2.14. The van der Waals surface area contributed by atoms with Gasteiger partial charge in [-0.25, -0.2) is 18.0 Å². The summed E-state index contributed by atoms with van der Waals surface area (Å²) in [5.74, 6) is -4.36. The maximum Gasteiger partial charge on any atom is 0.319 e. The van der Waals surface area contributed by atoms with Crippen LogP contribution in [0.5, 0.6) is 0 Å². The molecule has 0 aromatic heterocycles. The molecule has 2 aromatic rings. The molecule has 3 nitrogen and oxygen atoms in total. The minimum absolute atomic E-state index is 0.228. The summed E-state index contributed by atoms with van der Waals surface area (Å²) >= 11 is 1.60. The van der Waals surface area contributed by atoms with Gasteiger partial charge in [-0.3, -0.25) is 0 Å². The number of hydrogen-bond acceptors (Lipinski definition) is 2. The zero-order chi connectivity index (χ0) is 16.1. The monoisotopic (exact) mass is 326 g/mol. The zero-order valence-corrected chi connectivity index (χ0v) is 12.4. The van der Waals surface area contributed by atoms with Gasteiger partial charge in [0.2, 0.25) is 0 Å². The van der Waals surface area contributed by atoms with Crippen molar-refractivity contribution in [2.24, 2.45) is 0 Å². The molecular formula is C15H13F3N2OS. The van der Waals surface area contributed by atoms with Gasteiger partial charge in [0.25, 0.3) is 0 Å². The van der Waals surface area contributed by atoms with E-state index in [-0.39, 0.29) is 6.54 Å². The summed E-state index contributed by atoms with van der Waals surface area (Å²) < 4.78 is 39.2. The fourth-order valence-corrected chi connectivity index (χ4v) is 2.12. The van der Waals surface area contributed by atoms with Crippen molar-refractivity contribution in [3.63, 3.8) is 0 Å². The summed E-state index contributed by atoms with van der Waals surface area (Å²) in [5, 5.41) is 4.64. The molecule has 0 spiro atoms. The van der Waals surface area contributed by atoms with E-state index in [9.17, 15) is 18.0 Å². The summed E-state index contributed by atoms with van der Waals surface area (Å²) in [6.07, 6.45) is 1.96. The molecule has 0 aliphatic carbocycles. The second-order valence-corrected chi connectivity index (χ2v) is 5.26. The molecule has 0 aliphatic rings. The van der Waals surface area contributed by atoms with Crippen LogP contribution in [0.15, 0.2) is 41.3 Å². The van der Waals surface area contributed by atoms with Gasteiger partial charge in [-0.15, -0.1) is 11.8 Å². The Morgan fingerprint density at radius 1 is 1.05 bits per heavy atom. The van der Waals surface area contributed by atoms with Gasteiger partial charge in [-0.05, 0) is 36.1 Å². The van der Waals surface area contributed by atoms with E-state index >= 15 is 0 Å². The van der Waals surface area contributed by atoms with E-state index in [1.165, 1.54) is 0 Å². The lowest BCUT2D eigenvalue weighted by atomic mass is 10.2. The molecule has 2 amide bonds. The Bertz CT molecular complexity index is 677. The fraction of sp³-hybridized carbons (Fsp3) is 0.133. The van der Waals surface area contributed by atoms with Gasteiger partial charge in [-0.2, -0.15) is 0 Å². The van der Waals surface area contributed by atoms with Crippen molar-refractivity contribution >= 4 is 23.5 Å². The first-order valence-electron chi connectivity index (χ1n) is 6.32. The maximum absolute atomic E-state index is 13.4. The summed E-state index contributed by atoms with van der Waals surface area (Å²) in [7, 11) is 0. The Balaban J connectivity index is 1.94. The van der Waals surface area contributed by atoms with Crippen LogP contribution in [0, 0.1) is 17.5 Å². The molecule has 2 rings (SSSR count). The minimum Gasteiger partial charge on any atom is -0.334 e. The number of carbonyl (C=O) groups is 1. The first-order valence-corrected chi connectivity index (χ1v) is 7.55. The summed E-state index contributed by atoms with van der Waals surface area (Å²) in [6, 6.07) is 8.52. The van der Waals surface area contributed by atoms with Crippen molar-refractivity contribution in [1.82, 2.24) is 5.32 Å². The Hall–Kier alpha value is -2.15. The van der Waals surface area contributed by atoms with Crippen molar-refractivity contribution < 1.29 is 18.0 Å². The van der Waals surface area contributed by atoms with Gasteiger partial charge >= 0.3 is 6.03 Å². The Morgan fingerprint density at radius 3 is 2.36 bits per heavy atom.